The number of pyridine rings is 1. The van der Waals surface area contributed by atoms with E-state index in [1.807, 2.05) is 12.3 Å². The first kappa shape index (κ1) is 17.5. The maximum atomic E-state index is 4.15. The molecule has 0 unspecified atom stereocenters. The molecule has 4 heteroatoms. The molecular weight excluding hydrogens is 330 g/mol. The molecule has 0 atom stereocenters. The van der Waals surface area contributed by atoms with E-state index in [4.69, 9.17) is 0 Å². The first-order valence-corrected chi connectivity index (χ1v) is 8.46. The lowest BCUT2D eigenvalue weighted by atomic mass is 10.1. The van der Waals surface area contributed by atoms with Crippen LogP contribution in [0.1, 0.15) is 18.1 Å². The summed E-state index contributed by atoms with van der Waals surface area (Å²) in [6.07, 6.45) is 3.71. The molecule has 1 N–H and O–H groups in total. The Hall–Kier alpha value is -2.36. The number of hydrogen-bond donors (Lipinski definition) is 1. The maximum Gasteiger partial charge on any atom is 0.0491 e. The van der Waals surface area contributed by atoms with Gasteiger partial charge in [0.2, 0.25) is 0 Å². The van der Waals surface area contributed by atoms with Gasteiger partial charge in [-0.25, -0.2) is 0 Å². The fourth-order valence-corrected chi connectivity index (χ4v) is 3.41. The van der Waals surface area contributed by atoms with Gasteiger partial charge in [-0.3, -0.25) is 4.98 Å². The Labute approximate surface area is 154 Å². The van der Waals surface area contributed by atoms with Gasteiger partial charge in [-0.1, -0.05) is 30.3 Å². The molecule has 0 aliphatic carbocycles. The second-order valence-corrected chi connectivity index (χ2v) is 6.08. The van der Waals surface area contributed by atoms with Crippen LogP contribution in [-0.2, 0) is 19.6 Å². The van der Waals surface area contributed by atoms with Crippen LogP contribution in [0.4, 0.5) is 0 Å². The van der Waals surface area contributed by atoms with Gasteiger partial charge in [0.1, 0.15) is 0 Å². The molecule has 3 nitrogen and oxygen atoms in total. The molecule has 0 spiro atoms. The Bertz CT molecular complexity index is 976. The summed E-state index contributed by atoms with van der Waals surface area (Å²) in [6.45, 7) is 4.89. The fraction of sp³-hybridized carbons (Fsp3) is 0.190. The standard InChI is InChI=1S/C21H21N3.ClH/c1-2-24-20-8-4-3-7-18(20)19-12-16(9-10-21(19)24)13-23-15-17-6-5-11-22-14-17;/h3-12,14,23H,2,13,15H2,1H3;1H. The van der Waals surface area contributed by atoms with Crippen LogP contribution in [0, 0.1) is 0 Å². The third-order valence-electron chi connectivity index (χ3n) is 4.53. The SMILES string of the molecule is CCn1c2ccccc2c2cc(CNCc3cccnc3)ccc21.Cl. The van der Waals surface area contributed by atoms with Crippen LogP contribution >= 0.6 is 12.4 Å². The van der Waals surface area contributed by atoms with Crippen molar-refractivity contribution >= 4 is 34.2 Å². The molecule has 4 rings (SSSR count). The first-order valence-electron chi connectivity index (χ1n) is 8.46. The summed E-state index contributed by atoms with van der Waals surface area (Å²) < 4.78 is 2.39. The van der Waals surface area contributed by atoms with Crippen molar-refractivity contribution in [3.05, 3.63) is 78.1 Å². The Kier molecular flexibility index (Phi) is 5.37. The second kappa shape index (κ2) is 7.68. The van der Waals surface area contributed by atoms with Crippen LogP contribution < -0.4 is 5.32 Å². The first-order chi connectivity index (χ1) is 11.9. The monoisotopic (exact) mass is 351 g/mol. The molecular formula is C21H22ClN3. The number of para-hydroxylation sites is 1. The number of halogens is 1. The van der Waals surface area contributed by atoms with Gasteiger partial charge in [0, 0.05) is 53.8 Å². The summed E-state index contributed by atoms with van der Waals surface area (Å²) >= 11 is 0. The van der Waals surface area contributed by atoms with Gasteiger partial charge in [-0.15, -0.1) is 12.4 Å². The fourth-order valence-electron chi connectivity index (χ4n) is 3.41. The largest absolute Gasteiger partial charge is 0.341 e. The van der Waals surface area contributed by atoms with Crippen molar-refractivity contribution in [2.45, 2.75) is 26.6 Å². The molecule has 25 heavy (non-hydrogen) atoms. The van der Waals surface area contributed by atoms with Crippen LogP contribution in [0.2, 0.25) is 0 Å². The smallest absolute Gasteiger partial charge is 0.0491 e. The highest BCUT2D eigenvalue weighted by atomic mass is 35.5. The van der Waals surface area contributed by atoms with E-state index in [9.17, 15) is 0 Å². The van der Waals surface area contributed by atoms with Crippen molar-refractivity contribution < 1.29 is 0 Å². The molecule has 0 aliphatic rings. The molecule has 0 bridgehead atoms. The molecule has 0 amide bonds. The summed E-state index contributed by atoms with van der Waals surface area (Å²) in [5.41, 5.74) is 5.15. The summed E-state index contributed by atoms with van der Waals surface area (Å²) in [4.78, 5) is 4.15. The lowest BCUT2D eigenvalue weighted by Crippen LogP contribution is -2.12. The number of fused-ring (bicyclic) bond motifs is 3. The molecule has 4 aromatic rings. The van der Waals surface area contributed by atoms with E-state index >= 15 is 0 Å². The normalized spacial score (nSPS) is 10.9. The van der Waals surface area contributed by atoms with Crippen molar-refractivity contribution in [2.75, 3.05) is 0 Å². The zero-order valence-electron chi connectivity index (χ0n) is 14.3. The highest BCUT2D eigenvalue weighted by molar-refractivity contribution is 6.08. The minimum Gasteiger partial charge on any atom is -0.341 e. The number of nitrogens with zero attached hydrogens (tertiary/aromatic N) is 2. The maximum absolute atomic E-state index is 4.15. The summed E-state index contributed by atoms with van der Waals surface area (Å²) in [5, 5.41) is 6.18. The molecule has 2 aromatic heterocycles. The zero-order valence-corrected chi connectivity index (χ0v) is 15.1. The summed E-state index contributed by atoms with van der Waals surface area (Å²) in [6, 6.07) is 19.5. The summed E-state index contributed by atoms with van der Waals surface area (Å²) in [5.74, 6) is 0. The Morgan fingerprint density at radius 1 is 0.880 bits per heavy atom. The third-order valence-corrected chi connectivity index (χ3v) is 4.53. The van der Waals surface area contributed by atoms with Gasteiger partial charge in [-0.05, 0) is 42.3 Å². The average molecular weight is 352 g/mol. The van der Waals surface area contributed by atoms with Gasteiger partial charge >= 0.3 is 0 Å². The number of nitrogens with one attached hydrogen (secondary N) is 1. The van der Waals surface area contributed by atoms with Crippen molar-refractivity contribution in [2.24, 2.45) is 0 Å². The van der Waals surface area contributed by atoms with Crippen LogP contribution in [0.5, 0.6) is 0 Å². The van der Waals surface area contributed by atoms with E-state index in [2.05, 4.69) is 70.3 Å². The van der Waals surface area contributed by atoms with Crippen molar-refractivity contribution in [3.63, 3.8) is 0 Å². The van der Waals surface area contributed by atoms with Crippen molar-refractivity contribution in [3.8, 4) is 0 Å². The Morgan fingerprint density at radius 3 is 2.48 bits per heavy atom. The van der Waals surface area contributed by atoms with Crippen molar-refractivity contribution in [1.82, 2.24) is 14.9 Å². The third kappa shape index (κ3) is 3.39. The molecule has 2 aromatic carbocycles. The molecule has 2 heterocycles. The highest BCUT2D eigenvalue weighted by Crippen LogP contribution is 2.29. The minimum atomic E-state index is 0. The Balaban J connectivity index is 0.00000182. The van der Waals surface area contributed by atoms with Crippen LogP contribution in [0.25, 0.3) is 21.8 Å². The number of rotatable bonds is 5. The van der Waals surface area contributed by atoms with Gasteiger partial charge in [0.05, 0.1) is 0 Å². The van der Waals surface area contributed by atoms with E-state index in [1.165, 1.54) is 32.9 Å². The van der Waals surface area contributed by atoms with Crippen LogP contribution in [0.15, 0.2) is 67.0 Å². The highest BCUT2D eigenvalue weighted by Gasteiger charge is 2.09. The van der Waals surface area contributed by atoms with Gasteiger partial charge in [0.15, 0.2) is 0 Å². The topological polar surface area (TPSA) is 29.9 Å². The van der Waals surface area contributed by atoms with Crippen LogP contribution in [-0.4, -0.2) is 9.55 Å². The number of hydrogen-bond acceptors (Lipinski definition) is 2. The quantitative estimate of drug-likeness (QED) is 0.553. The molecule has 0 saturated heterocycles. The van der Waals surface area contributed by atoms with E-state index in [0.717, 1.165) is 19.6 Å². The second-order valence-electron chi connectivity index (χ2n) is 6.08. The average Bonchev–Trinajstić information content (AvgIpc) is 2.96. The van der Waals surface area contributed by atoms with Gasteiger partial charge < -0.3 is 9.88 Å². The van der Waals surface area contributed by atoms with E-state index in [0.29, 0.717) is 0 Å². The lowest BCUT2D eigenvalue weighted by Gasteiger charge is -2.06. The number of benzene rings is 2. The minimum absolute atomic E-state index is 0. The van der Waals surface area contributed by atoms with Crippen LogP contribution in [0.3, 0.4) is 0 Å². The predicted octanol–water partition coefficient (Wildman–Crippen LogP) is 4.92. The van der Waals surface area contributed by atoms with E-state index < -0.39 is 0 Å². The molecule has 0 fully saturated rings. The van der Waals surface area contributed by atoms with Crippen molar-refractivity contribution in [1.29, 1.82) is 0 Å². The number of aryl methyl sites for hydroxylation is 1. The van der Waals surface area contributed by atoms with Gasteiger partial charge in [-0.2, -0.15) is 0 Å². The summed E-state index contributed by atoms with van der Waals surface area (Å²) in [7, 11) is 0. The molecule has 0 saturated carbocycles. The van der Waals surface area contributed by atoms with E-state index in [-0.39, 0.29) is 12.4 Å². The Morgan fingerprint density at radius 2 is 1.68 bits per heavy atom. The lowest BCUT2D eigenvalue weighted by molar-refractivity contribution is 0.692. The molecule has 128 valence electrons. The number of aromatic nitrogens is 2. The van der Waals surface area contributed by atoms with E-state index in [1.54, 1.807) is 6.20 Å². The predicted molar refractivity (Wildman–Crippen MR) is 107 cm³/mol. The molecule has 0 radical (unpaired) electrons. The molecule has 0 aliphatic heterocycles. The van der Waals surface area contributed by atoms with Gasteiger partial charge in [0.25, 0.3) is 0 Å². The zero-order chi connectivity index (χ0) is 16.4.